The fourth-order valence-electron chi connectivity index (χ4n) is 3.91. The first-order valence-electron chi connectivity index (χ1n) is 10.4. The quantitative estimate of drug-likeness (QED) is 0.758. The van der Waals surface area contributed by atoms with Crippen LogP contribution in [0.3, 0.4) is 0 Å². The van der Waals surface area contributed by atoms with Gasteiger partial charge in [-0.15, -0.1) is 11.3 Å². The van der Waals surface area contributed by atoms with Crippen molar-refractivity contribution in [1.82, 2.24) is 15.3 Å². The summed E-state index contributed by atoms with van der Waals surface area (Å²) in [6.07, 6.45) is 4.91. The number of aromatic nitrogens is 2. The molecule has 1 aliphatic rings. The number of nitrogens with zero attached hydrogens (tertiary/aromatic N) is 1. The second kappa shape index (κ2) is 8.36. The highest BCUT2D eigenvalue weighted by molar-refractivity contribution is 7.18. The van der Waals surface area contributed by atoms with Crippen LogP contribution in [0.25, 0.3) is 10.2 Å². The smallest absolute Gasteiger partial charge is 0.259 e. The molecule has 0 spiro atoms. The molecular weight excluding hydrogens is 370 g/mol. The summed E-state index contributed by atoms with van der Waals surface area (Å²) in [5, 5.41) is 3.71. The third-order valence-corrected chi connectivity index (χ3v) is 6.97. The first-order chi connectivity index (χ1) is 13.1. The number of hydrogen-bond donors (Lipinski definition) is 2. The Morgan fingerprint density at radius 1 is 1.36 bits per heavy atom. The van der Waals surface area contributed by atoms with E-state index >= 15 is 0 Å². The van der Waals surface area contributed by atoms with Crippen molar-refractivity contribution < 1.29 is 4.79 Å². The molecule has 2 heterocycles. The summed E-state index contributed by atoms with van der Waals surface area (Å²) in [6, 6.07) is 0. The molecule has 2 aromatic heterocycles. The van der Waals surface area contributed by atoms with E-state index in [2.05, 4.69) is 44.9 Å². The van der Waals surface area contributed by atoms with Crippen molar-refractivity contribution in [2.24, 2.45) is 17.3 Å². The summed E-state index contributed by atoms with van der Waals surface area (Å²) in [7, 11) is 0. The minimum absolute atomic E-state index is 0.0156. The summed E-state index contributed by atoms with van der Waals surface area (Å²) in [4.78, 5) is 34.5. The van der Waals surface area contributed by atoms with E-state index in [0.717, 1.165) is 35.9 Å². The lowest BCUT2D eigenvalue weighted by Gasteiger charge is -2.33. The molecule has 6 heteroatoms. The third kappa shape index (κ3) is 4.83. The predicted molar refractivity (Wildman–Crippen MR) is 116 cm³/mol. The fraction of sp³-hybridized carbons (Fsp3) is 0.682. The number of amides is 1. The van der Waals surface area contributed by atoms with Gasteiger partial charge in [0, 0.05) is 24.3 Å². The zero-order valence-electron chi connectivity index (χ0n) is 17.8. The van der Waals surface area contributed by atoms with Gasteiger partial charge in [0.25, 0.3) is 5.56 Å². The Bertz CT molecular complexity index is 905. The normalized spacial score (nSPS) is 17.1. The SMILES string of the molecule is CC(C)CCNC(=O)CCc1nc2sc3c(c2c(=O)[nH]1)CC[C@@H](C(C)(C)C)C3. The van der Waals surface area contributed by atoms with E-state index in [-0.39, 0.29) is 16.9 Å². The third-order valence-electron chi connectivity index (χ3n) is 5.83. The molecular formula is C22H33N3O2S. The standard InChI is InChI=1S/C22H33N3O2S/c1-13(2)10-11-23-18(26)9-8-17-24-20(27)19-15-7-6-14(22(3,4)5)12-16(15)28-21(19)25-17/h13-14H,6-12H2,1-5H3,(H,23,26)(H,24,25,27)/t14-/m1/s1. The van der Waals surface area contributed by atoms with Gasteiger partial charge in [-0.25, -0.2) is 4.98 Å². The van der Waals surface area contributed by atoms with Crippen molar-refractivity contribution in [3.63, 3.8) is 0 Å². The summed E-state index contributed by atoms with van der Waals surface area (Å²) < 4.78 is 0. The molecule has 1 atom stereocenters. The number of hydrogen-bond acceptors (Lipinski definition) is 4. The molecule has 2 aromatic rings. The molecule has 2 N–H and O–H groups in total. The molecule has 1 amide bonds. The number of carbonyl (C=O) groups excluding carboxylic acids is 1. The fourth-order valence-corrected chi connectivity index (χ4v) is 5.23. The minimum Gasteiger partial charge on any atom is -0.356 e. The molecule has 154 valence electrons. The Labute approximate surface area is 171 Å². The molecule has 0 bridgehead atoms. The average molecular weight is 404 g/mol. The number of aryl methyl sites for hydroxylation is 2. The Balaban J connectivity index is 1.72. The maximum absolute atomic E-state index is 12.7. The first-order valence-corrected chi connectivity index (χ1v) is 11.3. The largest absolute Gasteiger partial charge is 0.356 e. The van der Waals surface area contributed by atoms with Gasteiger partial charge in [-0.2, -0.15) is 0 Å². The summed E-state index contributed by atoms with van der Waals surface area (Å²) in [5.41, 5.74) is 1.43. The van der Waals surface area contributed by atoms with Crippen molar-refractivity contribution >= 4 is 27.5 Å². The van der Waals surface area contributed by atoms with Crippen LogP contribution in [0.15, 0.2) is 4.79 Å². The monoisotopic (exact) mass is 403 g/mol. The van der Waals surface area contributed by atoms with Gasteiger partial charge in [-0.1, -0.05) is 34.6 Å². The van der Waals surface area contributed by atoms with Gasteiger partial charge in [0.1, 0.15) is 10.7 Å². The van der Waals surface area contributed by atoms with Crippen LogP contribution in [-0.2, 0) is 24.1 Å². The Morgan fingerprint density at radius 2 is 2.11 bits per heavy atom. The highest BCUT2D eigenvalue weighted by Gasteiger charge is 2.31. The van der Waals surface area contributed by atoms with Gasteiger partial charge in [-0.3, -0.25) is 9.59 Å². The van der Waals surface area contributed by atoms with Crippen molar-refractivity contribution in [1.29, 1.82) is 0 Å². The summed E-state index contributed by atoms with van der Waals surface area (Å²) >= 11 is 1.67. The molecule has 0 aromatic carbocycles. The molecule has 0 saturated heterocycles. The van der Waals surface area contributed by atoms with Crippen molar-refractivity contribution in [3.05, 3.63) is 26.6 Å². The van der Waals surface area contributed by atoms with Crippen LogP contribution >= 0.6 is 11.3 Å². The summed E-state index contributed by atoms with van der Waals surface area (Å²) in [6.45, 7) is 11.9. The lowest BCUT2D eigenvalue weighted by Crippen LogP contribution is -2.26. The zero-order valence-corrected chi connectivity index (χ0v) is 18.6. The number of rotatable bonds is 6. The van der Waals surface area contributed by atoms with E-state index in [9.17, 15) is 9.59 Å². The van der Waals surface area contributed by atoms with Crippen molar-refractivity contribution in [2.75, 3.05) is 6.54 Å². The predicted octanol–water partition coefficient (Wildman–Crippen LogP) is 4.23. The van der Waals surface area contributed by atoms with Crippen LogP contribution in [0.1, 0.15) is 70.1 Å². The molecule has 0 saturated carbocycles. The maximum atomic E-state index is 12.7. The Kier molecular flexibility index (Phi) is 6.28. The van der Waals surface area contributed by atoms with E-state index < -0.39 is 0 Å². The van der Waals surface area contributed by atoms with Crippen molar-refractivity contribution in [2.45, 2.75) is 73.1 Å². The van der Waals surface area contributed by atoms with Gasteiger partial charge >= 0.3 is 0 Å². The summed E-state index contributed by atoms with van der Waals surface area (Å²) in [5.74, 6) is 1.84. The second-order valence-corrected chi connectivity index (χ2v) is 10.6. The lowest BCUT2D eigenvalue weighted by atomic mass is 9.72. The van der Waals surface area contributed by atoms with Crippen LogP contribution < -0.4 is 10.9 Å². The Morgan fingerprint density at radius 3 is 2.79 bits per heavy atom. The van der Waals surface area contributed by atoms with Crippen LogP contribution in [-0.4, -0.2) is 22.4 Å². The van der Waals surface area contributed by atoms with Gasteiger partial charge in [0.05, 0.1) is 5.39 Å². The molecule has 28 heavy (non-hydrogen) atoms. The van der Waals surface area contributed by atoms with Crippen molar-refractivity contribution in [3.8, 4) is 0 Å². The Hall–Kier alpha value is -1.69. The van der Waals surface area contributed by atoms with E-state index in [1.54, 1.807) is 11.3 Å². The van der Waals surface area contributed by atoms with Crippen LogP contribution in [0.5, 0.6) is 0 Å². The number of H-pyrrole nitrogens is 1. The zero-order chi connectivity index (χ0) is 20.5. The van der Waals surface area contributed by atoms with E-state index in [0.29, 0.717) is 37.0 Å². The van der Waals surface area contributed by atoms with Crippen LogP contribution in [0, 0.1) is 17.3 Å². The number of aromatic amines is 1. The second-order valence-electron chi connectivity index (χ2n) is 9.53. The number of fused-ring (bicyclic) bond motifs is 3. The topological polar surface area (TPSA) is 74.8 Å². The van der Waals surface area contributed by atoms with E-state index in [1.165, 1.54) is 10.4 Å². The van der Waals surface area contributed by atoms with E-state index in [4.69, 9.17) is 4.98 Å². The first kappa shape index (κ1) is 21.0. The average Bonchev–Trinajstić information content (AvgIpc) is 2.96. The lowest BCUT2D eigenvalue weighted by molar-refractivity contribution is -0.121. The number of nitrogens with one attached hydrogen (secondary N) is 2. The molecule has 0 aliphatic heterocycles. The van der Waals surface area contributed by atoms with E-state index in [1.807, 2.05) is 0 Å². The molecule has 0 radical (unpaired) electrons. The number of carbonyl (C=O) groups is 1. The van der Waals surface area contributed by atoms with Crippen LogP contribution in [0.4, 0.5) is 0 Å². The highest BCUT2D eigenvalue weighted by atomic mass is 32.1. The molecule has 0 fully saturated rings. The molecule has 3 rings (SSSR count). The molecule has 0 unspecified atom stereocenters. The van der Waals surface area contributed by atoms with Gasteiger partial charge < -0.3 is 10.3 Å². The van der Waals surface area contributed by atoms with Gasteiger partial charge in [-0.05, 0) is 48.5 Å². The maximum Gasteiger partial charge on any atom is 0.259 e. The molecule has 5 nitrogen and oxygen atoms in total. The van der Waals surface area contributed by atoms with Crippen LogP contribution in [0.2, 0.25) is 0 Å². The van der Waals surface area contributed by atoms with Gasteiger partial charge in [0.15, 0.2) is 0 Å². The molecule has 1 aliphatic carbocycles. The highest BCUT2D eigenvalue weighted by Crippen LogP contribution is 2.41. The van der Waals surface area contributed by atoms with Gasteiger partial charge in [0.2, 0.25) is 5.91 Å². The minimum atomic E-state index is -0.0491. The number of thiophene rings is 1.